The minimum atomic E-state index is -0.813. The molecule has 2 heterocycles. The van der Waals surface area contributed by atoms with Crippen molar-refractivity contribution in [1.82, 2.24) is 14.5 Å². The van der Waals surface area contributed by atoms with Gasteiger partial charge in [0.15, 0.2) is 5.16 Å². The highest BCUT2D eigenvalue weighted by molar-refractivity contribution is 7.99. The van der Waals surface area contributed by atoms with Gasteiger partial charge in [0.1, 0.15) is 5.52 Å². The molecule has 106 valence electrons. The maximum Gasteiger partial charge on any atom is 0.313 e. The molecule has 1 aliphatic carbocycles. The van der Waals surface area contributed by atoms with Gasteiger partial charge in [-0.3, -0.25) is 9.78 Å². The van der Waals surface area contributed by atoms with Crippen molar-refractivity contribution in [2.24, 2.45) is 5.92 Å². The van der Waals surface area contributed by atoms with Crippen molar-refractivity contribution in [3.8, 4) is 0 Å². The molecular weight excluding hydrogens is 274 g/mol. The number of hydrogen-bond donors (Lipinski definition) is 1. The summed E-state index contributed by atoms with van der Waals surface area (Å²) in [5.74, 6) is -0.0536. The number of pyridine rings is 1. The fourth-order valence-electron chi connectivity index (χ4n) is 2.92. The Labute approximate surface area is 121 Å². The van der Waals surface area contributed by atoms with Crippen molar-refractivity contribution >= 4 is 28.8 Å². The van der Waals surface area contributed by atoms with Gasteiger partial charge in [-0.05, 0) is 31.2 Å². The first-order chi connectivity index (χ1) is 9.65. The van der Waals surface area contributed by atoms with E-state index in [1.54, 1.807) is 12.4 Å². The zero-order chi connectivity index (χ0) is 14.1. The molecule has 1 N–H and O–H groups in total. The van der Waals surface area contributed by atoms with E-state index < -0.39 is 5.97 Å². The van der Waals surface area contributed by atoms with E-state index in [1.165, 1.54) is 18.2 Å². The third-order valence-corrected chi connectivity index (χ3v) is 4.75. The standard InChI is InChI=1S/C14H17N3O2S/c1-9-2-3-10(6-9)17-12-4-5-15-7-11(12)16-14(17)20-8-13(18)19/h4-5,7,9-10H,2-3,6,8H2,1H3,(H,18,19). The normalized spacial score (nSPS) is 22.4. The fraction of sp³-hybridized carbons (Fsp3) is 0.500. The summed E-state index contributed by atoms with van der Waals surface area (Å²) in [6, 6.07) is 2.39. The third kappa shape index (κ3) is 2.52. The van der Waals surface area contributed by atoms with Gasteiger partial charge in [0.05, 0.1) is 17.5 Å². The molecule has 0 bridgehead atoms. The van der Waals surface area contributed by atoms with Crippen LogP contribution in [-0.2, 0) is 4.79 Å². The van der Waals surface area contributed by atoms with Gasteiger partial charge < -0.3 is 9.67 Å². The molecule has 0 aromatic carbocycles. The van der Waals surface area contributed by atoms with Crippen LogP contribution in [0.15, 0.2) is 23.6 Å². The summed E-state index contributed by atoms with van der Waals surface area (Å²) in [5.41, 5.74) is 1.91. The van der Waals surface area contributed by atoms with E-state index in [1.807, 2.05) is 6.07 Å². The number of fused-ring (bicyclic) bond motifs is 1. The Morgan fingerprint density at radius 1 is 1.55 bits per heavy atom. The van der Waals surface area contributed by atoms with Gasteiger partial charge in [0.25, 0.3) is 0 Å². The first-order valence-corrected chi connectivity index (χ1v) is 7.80. The predicted octanol–water partition coefficient (Wildman–Crippen LogP) is 2.97. The first-order valence-electron chi connectivity index (χ1n) is 6.81. The minimum Gasteiger partial charge on any atom is -0.481 e. The van der Waals surface area contributed by atoms with Crippen LogP contribution < -0.4 is 0 Å². The van der Waals surface area contributed by atoms with Gasteiger partial charge in [0, 0.05) is 12.2 Å². The summed E-state index contributed by atoms with van der Waals surface area (Å²) >= 11 is 1.29. The van der Waals surface area contributed by atoms with Crippen LogP contribution in [0.1, 0.15) is 32.2 Å². The molecule has 0 radical (unpaired) electrons. The summed E-state index contributed by atoms with van der Waals surface area (Å²) in [6.07, 6.45) is 7.00. The lowest BCUT2D eigenvalue weighted by molar-refractivity contribution is -0.133. The lowest BCUT2D eigenvalue weighted by Gasteiger charge is -2.16. The maximum atomic E-state index is 10.8. The summed E-state index contributed by atoms with van der Waals surface area (Å²) in [4.78, 5) is 19.5. The minimum absolute atomic E-state index is 0.0407. The number of aromatic nitrogens is 3. The lowest BCUT2D eigenvalue weighted by Crippen LogP contribution is -2.08. The average molecular weight is 291 g/mol. The number of nitrogens with zero attached hydrogens (tertiary/aromatic N) is 3. The van der Waals surface area contributed by atoms with E-state index in [4.69, 9.17) is 5.11 Å². The number of rotatable bonds is 4. The summed E-state index contributed by atoms with van der Waals surface area (Å²) in [7, 11) is 0. The second-order valence-corrected chi connectivity index (χ2v) is 6.33. The zero-order valence-electron chi connectivity index (χ0n) is 11.3. The largest absolute Gasteiger partial charge is 0.481 e. The molecule has 1 saturated carbocycles. The Kier molecular flexibility index (Phi) is 3.65. The van der Waals surface area contributed by atoms with Gasteiger partial charge in [-0.1, -0.05) is 18.7 Å². The van der Waals surface area contributed by atoms with Gasteiger partial charge in [-0.25, -0.2) is 4.98 Å². The molecule has 1 fully saturated rings. The lowest BCUT2D eigenvalue weighted by atomic mass is 10.1. The summed E-state index contributed by atoms with van der Waals surface area (Å²) < 4.78 is 2.22. The van der Waals surface area contributed by atoms with Crippen LogP contribution in [0.4, 0.5) is 0 Å². The number of hydrogen-bond acceptors (Lipinski definition) is 4. The number of carboxylic acid groups (broad SMARTS) is 1. The summed E-state index contributed by atoms with van der Waals surface area (Å²) in [6.45, 7) is 2.27. The molecule has 2 atom stereocenters. The number of thioether (sulfide) groups is 1. The highest BCUT2D eigenvalue weighted by atomic mass is 32.2. The molecule has 5 nitrogen and oxygen atoms in total. The van der Waals surface area contributed by atoms with Crippen LogP contribution >= 0.6 is 11.8 Å². The van der Waals surface area contributed by atoms with Gasteiger partial charge >= 0.3 is 5.97 Å². The van der Waals surface area contributed by atoms with Crippen LogP contribution in [0.3, 0.4) is 0 Å². The van der Waals surface area contributed by atoms with E-state index in [2.05, 4.69) is 21.5 Å². The average Bonchev–Trinajstić information content (AvgIpc) is 2.99. The Morgan fingerprint density at radius 2 is 2.40 bits per heavy atom. The van der Waals surface area contributed by atoms with E-state index in [0.29, 0.717) is 6.04 Å². The van der Waals surface area contributed by atoms with Crippen LogP contribution in [0.25, 0.3) is 11.0 Å². The predicted molar refractivity (Wildman–Crippen MR) is 77.9 cm³/mol. The monoisotopic (exact) mass is 291 g/mol. The number of carboxylic acids is 1. The van der Waals surface area contributed by atoms with Crippen molar-refractivity contribution < 1.29 is 9.90 Å². The molecule has 3 rings (SSSR count). The quantitative estimate of drug-likeness (QED) is 0.877. The van der Waals surface area contributed by atoms with Crippen molar-refractivity contribution in [1.29, 1.82) is 0 Å². The zero-order valence-corrected chi connectivity index (χ0v) is 12.1. The van der Waals surface area contributed by atoms with Crippen molar-refractivity contribution in [3.05, 3.63) is 18.5 Å². The van der Waals surface area contributed by atoms with Crippen molar-refractivity contribution in [2.45, 2.75) is 37.4 Å². The van der Waals surface area contributed by atoms with E-state index >= 15 is 0 Å². The van der Waals surface area contributed by atoms with E-state index in [0.717, 1.165) is 34.9 Å². The van der Waals surface area contributed by atoms with Crippen LogP contribution in [0.2, 0.25) is 0 Å². The first kappa shape index (κ1) is 13.4. The molecular formula is C14H17N3O2S. The van der Waals surface area contributed by atoms with E-state index in [9.17, 15) is 4.79 Å². The van der Waals surface area contributed by atoms with Gasteiger partial charge in [-0.2, -0.15) is 0 Å². The molecule has 0 saturated heterocycles. The van der Waals surface area contributed by atoms with Crippen LogP contribution in [0.5, 0.6) is 0 Å². The smallest absolute Gasteiger partial charge is 0.313 e. The fourth-order valence-corrected chi connectivity index (χ4v) is 3.72. The molecule has 20 heavy (non-hydrogen) atoms. The molecule has 0 amide bonds. The second-order valence-electron chi connectivity index (χ2n) is 5.38. The Hall–Kier alpha value is -1.56. The van der Waals surface area contributed by atoms with Crippen molar-refractivity contribution in [2.75, 3.05) is 5.75 Å². The Morgan fingerprint density at radius 3 is 3.10 bits per heavy atom. The maximum absolute atomic E-state index is 10.8. The highest BCUT2D eigenvalue weighted by Gasteiger charge is 2.26. The summed E-state index contributed by atoms with van der Waals surface area (Å²) in [5, 5.41) is 9.68. The molecule has 0 aliphatic heterocycles. The van der Waals surface area contributed by atoms with Crippen LogP contribution in [-0.4, -0.2) is 31.4 Å². The molecule has 6 heteroatoms. The highest BCUT2D eigenvalue weighted by Crippen LogP contribution is 2.38. The molecule has 0 spiro atoms. The Balaban J connectivity index is 2.01. The van der Waals surface area contributed by atoms with Gasteiger partial charge in [-0.15, -0.1) is 0 Å². The molecule has 1 aliphatic rings. The molecule has 2 unspecified atom stereocenters. The molecule has 2 aromatic rings. The number of carbonyl (C=O) groups is 1. The van der Waals surface area contributed by atoms with Crippen molar-refractivity contribution in [3.63, 3.8) is 0 Å². The number of imidazole rings is 1. The van der Waals surface area contributed by atoms with Crippen LogP contribution in [0, 0.1) is 5.92 Å². The van der Waals surface area contributed by atoms with Gasteiger partial charge in [0.2, 0.25) is 0 Å². The van der Waals surface area contributed by atoms with E-state index in [-0.39, 0.29) is 5.75 Å². The second kappa shape index (κ2) is 5.44. The molecule has 2 aromatic heterocycles. The Bertz CT molecular complexity index is 640. The topological polar surface area (TPSA) is 68.0 Å². The number of aliphatic carboxylic acids is 1. The third-order valence-electron chi connectivity index (χ3n) is 3.82. The SMILES string of the molecule is CC1CCC(n2c(SCC(=O)O)nc3cnccc32)C1.